The molecule has 2 saturated carbocycles. The Balaban J connectivity index is 1.40. The van der Waals surface area contributed by atoms with E-state index in [4.69, 9.17) is 5.73 Å². The number of hydrogen-bond donors (Lipinski definition) is 2. The highest BCUT2D eigenvalue weighted by Crippen LogP contribution is 2.43. The number of carbonyl (C=O) groups excluding carboxylic acids is 1. The molecule has 2 aliphatic carbocycles. The predicted octanol–water partition coefficient (Wildman–Crippen LogP) is 3.32. The first-order chi connectivity index (χ1) is 12.1. The van der Waals surface area contributed by atoms with E-state index >= 15 is 0 Å². The number of hydrogen-bond acceptors (Lipinski definition) is 4. The third kappa shape index (κ3) is 3.51. The molecule has 138 valence electrons. The van der Waals surface area contributed by atoms with E-state index in [-0.39, 0.29) is 12.0 Å². The molecule has 1 amide bonds. The third-order valence-electron chi connectivity index (χ3n) is 6.79. The van der Waals surface area contributed by atoms with Crippen LogP contribution in [0.25, 0.3) is 0 Å². The molecule has 4 atom stereocenters. The Hall–Kier alpha value is -0.910. The van der Waals surface area contributed by atoms with E-state index in [0.29, 0.717) is 30.2 Å². The van der Waals surface area contributed by atoms with Crippen LogP contribution in [0.3, 0.4) is 0 Å². The maximum Gasteiger partial charge on any atom is 0.225 e. The van der Waals surface area contributed by atoms with Gasteiger partial charge in [0, 0.05) is 29.4 Å². The zero-order chi connectivity index (χ0) is 17.4. The monoisotopic (exact) mass is 362 g/mol. The number of aliphatic hydroxyl groups is 1. The Morgan fingerprint density at radius 1 is 1.28 bits per heavy atom. The molecule has 5 heteroatoms. The van der Waals surface area contributed by atoms with E-state index in [2.05, 4.69) is 4.90 Å². The van der Waals surface area contributed by atoms with Gasteiger partial charge in [0.15, 0.2) is 0 Å². The van der Waals surface area contributed by atoms with Crippen LogP contribution in [-0.2, 0) is 4.79 Å². The van der Waals surface area contributed by atoms with Crippen molar-refractivity contribution in [2.45, 2.75) is 69.6 Å². The fraction of sp³-hybridized carbons (Fsp3) is 0.750. The Morgan fingerprint density at radius 2 is 2.04 bits per heavy atom. The summed E-state index contributed by atoms with van der Waals surface area (Å²) in [5, 5.41) is 12.5. The van der Waals surface area contributed by atoms with Gasteiger partial charge in [-0.15, -0.1) is 11.3 Å². The largest absolute Gasteiger partial charge is 0.387 e. The van der Waals surface area contributed by atoms with Crippen LogP contribution in [0.1, 0.15) is 62.3 Å². The Bertz CT molecular complexity index is 577. The Morgan fingerprint density at radius 3 is 2.72 bits per heavy atom. The maximum atomic E-state index is 13.2. The molecule has 3 N–H and O–H groups in total. The Labute approximate surface area is 154 Å². The summed E-state index contributed by atoms with van der Waals surface area (Å²) >= 11 is 1.60. The smallest absolute Gasteiger partial charge is 0.225 e. The summed E-state index contributed by atoms with van der Waals surface area (Å²) < 4.78 is 0. The van der Waals surface area contributed by atoms with E-state index in [1.807, 2.05) is 17.5 Å². The standard InChI is InChI=1S/C20H30N2O2S/c21-19-13-4-1-5-14(19)11-15(10-13)20(24)22-8-2-6-16(22)12-17(23)18-7-3-9-25-18/h3,7,9,13-17,19,23H,1-2,4-6,8,10-12,21H2. The number of amides is 1. The first-order valence-corrected chi connectivity index (χ1v) is 10.8. The zero-order valence-electron chi connectivity index (χ0n) is 14.8. The summed E-state index contributed by atoms with van der Waals surface area (Å²) in [5.41, 5.74) is 6.39. The predicted molar refractivity (Wildman–Crippen MR) is 100 cm³/mol. The van der Waals surface area contributed by atoms with E-state index in [9.17, 15) is 9.90 Å². The Kier molecular flexibility index (Phi) is 5.16. The van der Waals surface area contributed by atoms with Crippen LogP contribution in [0.15, 0.2) is 17.5 Å². The van der Waals surface area contributed by atoms with Gasteiger partial charge in [0.1, 0.15) is 0 Å². The highest BCUT2D eigenvalue weighted by atomic mass is 32.1. The van der Waals surface area contributed by atoms with Crippen LogP contribution in [-0.4, -0.2) is 34.5 Å². The second-order valence-corrected chi connectivity index (χ2v) is 9.27. The number of nitrogens with two attached hydrogens (primary N) is 1. The maximum absolute atomic E-state index is 13.2. The molecule has 1 saturated heterocycles. The van der Waals surface area contributed by atoms with E-state index in [1.165, 1.54) is 19.3 Å². The van der Waals surface area contributed by atoms with Crippen molar-refractivity contribution in [3.05, 3.63) is 22.4 Å². The molecular weight excluding hydrogens is 332 g/mol. The summed E-state index contributed by atoms with van der Waals surface area (Å²) in [7, 11) is 0. The number of likely N-dealkylation sites (tertiary alicyclic amines) is 1. The average molecular weight is 363 g/mol. The molecule has 4 rings (SSSR count). The number of nitrogens with zero attached hydrogens (tertiary/aromatic N) is 1. The first-order valence-electron chi connectivity index (χ1n) is 9.91. The van der Waals surface area contributed by atoms with Gasteiger partial charge in [-0.05, 0) is 68.2 Å². The van der Waals surface area contributed by atoms with Crippen molar-refractivity contribution in [1.29, 1.82) is 0 Å². The molecule has 4 unspecified atom stereocenters. The number of aliphatic hydroxyl groups excluding tert-OH is 1. The highest BCUT2D eigenvalue weighted by molar-refractivity contribution is 7.10. The summed E-state index contributed by atoms with van der Waals surface area (Å²) in [6, 6.07) is 4.47. The third-order valence-corrected chi connectivity index (χ3v) is 7.76. The molecule has 25 heavy (non-hydrogen) atoms. The minimum absolute atomic E-state index is 0.162. The van der Waals surface area contributed by atoms with Crippen molar-refractivity contribution >= 4 is 17.2 Å². The normalized spacial score (nSPS) is 36.4. The van der Waals surface area contributed by atoms with Crippen LogP contribution in [0.4, 0.5) is 0 Å². The zero-order valence-corrected chi connectivity index (χ0v) is 15.7. The van der Waals surface area contributed by atoms with E-state index < -0.39 is 6.10 Å². The molecule has 3 fully saturated rings. The van der Waals surface area contributed by atoms with Gasteiger partial charge in [0.25, 0.3) is 0 Å². The summed E-state index contributed by atoms with van der Waals surface area (Å²) in [4.78, 5) is 16.3. The lowest BCUT2D eigenvalue weighted by atomic mass is 9.65. The van der Waals surface area contributed by atoms with Gasteiger partial charge in [-0.25, -0.2) is 0 Å². The van der Waals surface area contributed by atoms with Crippen LogP contribution >= 0.6 is 11.3 Å². The molecule has 1 aliphatic heterocycles. The molecular formula is C20H30N2O2S. The number of carbonyl (C=O) groups is 1. The molecule has 1 aromatic rings. The fourth-order valence-electron chi connectivity index (χ4n) is 5.45. The average Bonchev–Trinajstić information content (AvgIpc) is 3.25. The van der Waals surface area contributed by atoms with Gasteiger partial charge >= 0.3 is 0 Å². The van der Waals surface area contributed by atoms with E-state index in [1.54, 1.807) is 11.3 Å². The van der Waals surface area contributed by atoms with Crippen LogP contribution in [0.5, 0.6) is 0 Å². The summed E-state index contributed by atoms with van der Waals surface area (Å²) in [5.74, 6) is 1.58. The minimum Gasteiger partial charge on any atom is -0.387 e. The van der Waals surface area contributed by atoms with Crippen LogP contribution in [0, 0.1) is 17.8 Å². The second kappa shape index (κ2) is 7.37. The summed E-state index contributed by atoms with van der Waals surface area (Å²) in [6.45, 7) is 0.860. The number of fused-ring (bicyclic) bond motifs is 2. The van der Waals surface area contributed by atoms with Gasteiger partial charge < -0.3 is 15.7 Å². The second-order valence-electron chi connectivity index (χ2n) is 8.29. The van der Waals surface area contributed by atoms with E-state index in [0.717, 1.165) is 37.1 Å². The van der Waals surface area contributed by atoms with Gasteiger partial charge in [0.05, 0.1) is 6.10 Å². The number of rotatable bonds is 4. The summed E-state index contributed by atoms with van der Waals surface area (Å²) in [6.07, 6.45) is 7.94. The topological polar surface area (TPSA) is 66.6 Å². The molecule has 3 aliphatic rings. The molecule has 2 heterocycles. The van der Waals surface area contributed by atoms with Crippen molar-refractivity contribution in [3.63, 3.8) is 0 Å². The van der Waals surface area contributed by atoms with Crippen LogP contribution in [0.2, 0.25) is 0 Å². The highest BCUT2D eigenvalue weighted by Gasteiger charge is 2.43. The van der Waals surface area contributed by atoms with Crippen molar-refractivity contribution in [1.82, 2.24) is 4.90 Å². The van der Waals surface area contributed by atoms with Crippen LogP contribution < -0.4 is 5.73 Å². The molecule has 2 bridgehead atoms. The van der Waals surface area contributed by atoms with Gasteiger partial charge in [-0.1, -0.05) is 12.5 Å². The SMILES string of the molecule is NC1C2CCCC1CC(C(=O)N1CCCC1CC(O)c1cccs1)C2. The molecule has 0 radical (unpaired) electrons. The fourth-order valence-corrected chi connectivity index (χ4v) is 6.18. The van der Waals surface area contributed by atoms with Crippen molar-refractivity contribution in [3.8, 4) is 0 Å². The lowest BCUT2D eigenvalue weighted by Gasteiger charge is -2.44. The van der Waals surface area contributed by atoms with Gasteiger partial charge in [-0.3, -0.25) is 4.79 Å². The lowest BCUT2D eigenvalue weighted by Crippen LogP contribution is -2.50. The van der Waals surface area contributed by atoms with Crippen molar-refractivity contribution in [2.24, 2.45) is 23.5 Å². The number of thiophene rings is 1. The first kappa shape index (κ1) is 17.5. The lowest BCUT2D eigenvalue weighted by molar-refractivity contribution is -0.140. The molecule has 4 nitrogen and oxygen atoms in total. The van der Waals surface area contributed by atoms with Gasteiger partial charge in [0.2, 0.25) is 5.91 Å². The molecule has 1 aromatic heterocycles. The van der Waals surface area contributed by atoms with Crippen molar-refractivity contribution < 1.29 is 9.90 Å². The minimum atomic E-state index is -0.447. The quantitative estimate of drug-likeness (QED) is 0.863. The molecule has 0 spiro atoms. The van der Waals surface area contributed by atoms with Crippen molar-refractivity contribution in [2.75, 3.05) is 6.54 Å². The molecule has 0 aromatic carbocycles. The van der Waals surface area contributed by atoms with Gasteiger partial charge in [-0.2, -0.15) is 0 Å².